The zero-order valence-electron chi connectivity index (χ0n) is 12.3. The van der Waals surface area contributed by atoms with Crippen molar-refractivity contribution in [1.82, 2.24) is 5.32 Å². The molecule has 1 aromatic carbocycles. The highest BCUT2D eigenvalue weighted by molar-refractivity contribution is 5.94. The van der Waals surface area contributed by atoms with E-state index in [1.54, 1.807) is 0 Å². The number of alkyl halides is 3. The number of benzene rings is 1. The van der Waals surface area contributed by atoms with Crippen LogP contribution in [0.5, 0.6) is 5.75 Å². The third kappa shape index (κ3) is 5.34. The first-order valence-electron chi connectivity index (χ1n) is 7.00. The SMILES string of the molecule is CCCCCCNC(=O)Nc1cc(C(F)(F)F)cc(O)c1N. The first kappa shape index (κ1) is 17.9. The second kappa shape index (κ2) is 7.77. The molecule has 0 atom stereocenters. The molecule has 0 aromatic heterocycles. The van der Waals surface area contributed by atoms with Crippen LogP contribution in [-0.4, -0.2) is 17.7 Å². The summed E-state index contributed by atoms with van der Waals surface area (Å²) in [5.41, 5.74) is 3.80. The molecule has 124 valence electrons. The summed E-state index contributed by atoms with van der Waals surface area (Å²) >= 11 is 0. The second-order valence-electron chi connectivity index (χ2n) is 4.90. The molecular formula is C14H20F3N3O2. The number of phenolic OH excluding ortho intramolecular Hbond substituents is 1. The molecule has 1 aromatic rings. The Hall–Kier alpha value is -2.12. The average molecular weight is 319 g/mol. The molecule has 8 heteroatoms. The number of carbonyl (C=O) groups is 1. The minimum atomic E-state index is -4.64. The number of rotatable bonds is 6. The van der Waals surface area contributed by atoms with Crippen molar-refractivity contribution in [2.24, 2.45) is 0 Å². The van der Waals surface area contributed by atoms with Gasteiger partial charge in [0, 0.05) is 6.54 Å². The molecule has 0 aliphatic rings. The summed E-state index contributed by atoms with van der Waals surface area (Å²) in [7, 11) is 0. The van der Waals surface area contributed by atoms with Crippen LogP contribution < -0.4 is 16.4 Å². The summed E-state index contributed by atoms with van der Waals surface area (Å²) in [6, 6.07) is 0.538. The average Bonchev–Trinajstić information content (AvgIpc) is 2.42. The first-order valence-corrected chi connectivity index (χ1v) is 7.00. The maximum atomic E-state index is 12.7. The first-order chi connectivity index (χ1) is 10.3. The fraction of sp³-hybridized carbons (Fsp3) is 0.500. The van der Waals surface area contributed by atoms with E-state index in [-0.39, 0.29) is 11.4 Å². The van der Waals surface area contributed by atoms with Gasteiger partial charge in [0.15, 0.2) is 0 Å². The van der Waals surface area contributed by atoms with Gasteiger partial charge in [0.05, 0.1) is 16.9 Å². The zero-order chi connectivity index (χ0) is 16.8. The van der Waals surface area contributed by atoms with Gasteiger partial charge in [-0.25, -0.2) is 4.79 Å². The minimum absolute atomic E-state index is 0.279. The molecule has 0 saturated heterocycles. The van der Waals surface area contributed by atoms with E-state index >= 15 is 0 Å². The molecule has 0 aliphatic heterocycles. The Morgan fingerprint density at radius 1 is 1.27 bits per heavy atom. The summed E-state index contributed by atoms with van der Waals surface area (Å²) < 4.78 is 38.0. The molecule has 0 spiro atoms. The van der Waals surface area contributed by atoms with Crippen LogP contribution in [0.3, 0.4) is 0 Å². The Labute approximate surface area is 126 Å². The third-order valence-electron chi connectivity index (χ3n) is 3.05. The summed E-state index contributed by atoms with van der Waals surface area (Å²) in [5, 5.41) is 14.2. The Morgan fingerprint density at radius 3 is 2.55 bits per heavy atom. The van der Waals surface area contributed by atoms with Crippen LogP contribution >= 0.6 is 0 Å². The van der Waals surface area contributed by atoms with Crippen molar-refractivity contribution in [2.45, 2.75) is 38.8 Å². The molecule has 22 heavy (non-hydrogen) atoms. The second-order valence-corrected chi connectivity index (χ2v) is 4.90. The number of urea groups is 1. The van der Waals surface area contributed by atoms with Gasteiger partial charge < -0.3 is 21.5 Å². The number of phenols is 1. The molecular weight excluding hydrogens is 299 g/mol. The van der Waals surface area contributed by atoms with E-state index in [0.29, 0.717) is 18.7 Å². The molecule has 0 saturated carbocycles. The summed E-state index contributed by atoms with van der Waals surface area (Å²) in [5.74, 6) is -0.729. The van der Waals surface area contributed by atoms with Crippen molar-refractivity contribution in [3.8, 4) is 5.75 Å². The van der Waals surface area contributed by atoms with Crippen LogP contribution in [0, 0.1) is 0 Å². The smallest absolute Gasteiger partial charge is 0.416 e. The van der Waals surface area contributed by atoms with Gasteiger partial charge in [0.2, 0.25) is 0 Å². The number of nitrogen functional groups attached to an aromatic ring is 1. The molecule has 2 amide bonds. The van der Waals surface area contributed by atoms with Crippen LogP contribution in [-0.2, 0) is 6.18 Å². The molecule has 0 unspecified atom stereocenters. The predicted molar refractivity (Wildman–Crippen MR) is 78.7 cm³/mol. The topological polar surface area (TPSA) is 87.4 Å². The number of nitrogens with one attached hydrogen (secondary N) is 2. The van der Waals surface area contributed by atoms with Crippen LogP contribution in [0.25, 0.3) is 0 Å². The zero-order valence-corrected chi connectivity index (χ0v) is 12.3. The molecule has 0 fully saturated rings. The monoisotopic (exact) mass is 319 g/mol. The number of unbranched alkanes of at least 4 members (excludes halogenated alkanes) is 3. The molecule has 5 nitrogen and oxygen atoms in total. The Balaban J connectivity index is 2.68. The van der Waals surface area contributed by atoms with Gasteiger partial charge in [0.1, 0.15) is 5.75 Å². The Bertz CT molecular complexity index is 519. The van der Waals surface area contributed by atoms with Crippen molar-refractivity contribution in [2.75, 3.05) is 17.6 Å². The van der Waals surface area contributed by atoms with Gasteiger partial charge >= 0.3 is 12.2 Å². The normalized spacial score (nSPS) is 11.3. The largest absolute Gasteiger partial charge is 0.506 e. The highest BCUT2D eigenvalue weighted by Gasteiger charge is 2.32. The number of hydrogen-bond acceptors (Lipinski definition) is 3. The van der Waals surface area contributed by atoms with E-state index < -0.39 is 23.5 Å². The lowest BCUT2D eigenvalue weighted by atomic mass is 10.1. The number of amides is 2. The molecule has 0 aliphatic carbocycles. The number of carbonyl (C=O) groups excluding carboxylic acids is 1. The molecule has 0 bridgehead atoms. The minimum Gasteiger partial charge on any atom is -0.506 e. The number of anilines is 2. The van der Waals surface area contributed by atoms with Crippen molar-refractivity contribution in [3.05, 3.63) is 17.7 Å². The van der Waals surface area contributed by atoms with E-state index in [1.165, 1.54) is 0 Å². The van der Waals surface area contributed by atoms with E-state index in [4.69, 9.17) is 5.73 Å². The fourth-order valence-corrected chi connectivity index (χ4v) is 1.83. The van der Waals surface area contributed by atoms with E-state index in [9.17, 15) is 23.1 Å². The van der Waals surface area contributed by atoms with Crippen LogP contribution in [0.2, 0.25) is 0 Å². The van der Waals surface area contributed by atoms with Crippen molar-refractivity contribution in [1.29, 1.82) is 0 Å². The maximum absolute atomic E-state index is 12.7. The number of halogens is 3. The molecule has 5 N–H and O–H groups in total. The highest BCUT2D eigenvalue weighted by Crippen LogP contribution is 2.38. The number of hydrogen-bond donors (Lipinski definition) is 4. The predicted octanol–water partition coefficient (Wildman–Crippen LogP) is 3.70. The highest BCUT2D eigenvalue weighted by atomic mass is 19.4. The van der Waals surface area contributed by atoms with Gasteiger partial charge in [0.25, 0.3) is 0 Å². The van der Waals surface area contributed by atoms with E-state index in [1.807, 2.05) is 0 Å². The number of nitrogens with two attached hydrogens (primary N) is 1. The van der Waals surface area contributed by atoms with Gasteiger partial charge in [-0.05, 0) is 18.6 Å². The van der Waals surface area contributed by atoms with Gasteiger partial charge in [-0.3, -0.25) is 0 Å². The molecule has 1 rings (SSSR count). The van der Waals surface area contributed by atoms with Crippen LogP contribution in [0.4, 0.5) is 29.3 Å². The van der Waals surface area contributed by atoms with Crippen molar-refractivity contribution in [3.63, 3.8) is 0 Å². The maximum Gasteiger partial charge on any atom is 0.416 e. The quantitative estimate of drug-likeness (QED) is 0.366. The third-order valence-corrected chi connectivity index (χ3v) is 3.05. The molecule has 0 heterocycles. The van der Waals surface area contributed by atoms with E-state index in [0.717, 1.165) is 25.7 Å². The summed E-state index contributed by atoms with van der Waals surface area (Å²) in [4.78, 5) is 11.6. The van der Waals surface area contributed by atoms with Crippen LogP contribution in [0.1, 0.15) is 38.2 Å². The standard InChI is InChI=1S/C14H20F3N3O2/c1-2-3-4-5-6-19-13(22)20-10-7-9(14(15,16)17)8-11(21)12(10)18/h7-8,21H,2-6,18H2,1H3,(H2,19,20,22). The van der Waals surface area contributed by atoms with Gasteiger partial charge in [-0.1, -0.05) is 26.2 Å². The lowest BCUT2D eigenvalue weighted by Gasteiger charge is -2.14. The lowest BCUT2D eigenvalue weighted by molar-refractivity contribution is -0.137. The Kier molecular flexibility index (Phi) is 6.33. The van der Waals surface area contributed by atoms with Gasteiger partial charge in [-0.15, -0.1) is 0 Å². The van der Waals surface area contributed by atoms with Crippen LogP contribution in [0.15, 0.2) is 12.1 Å². The van der Waals surface area contributed by atoms with E-state index in [2.05, 4.69) is 17.6 Å². The van der Waals surface area contributed by atoms with Crippen molar-refractivity contribution >= 4 is 17.4 Å². The van der Waals surface area contributed by atoms with Gasteiger partial charge in [-0.2, -0.15) is 13.2 Å². The Morgan fingerprint density at radius 2 is 1.95 bits per heavy atom. The summed E-state index contributed by atoms with van der Waals surface area (Å²) in [6.45, 7) is 2.47. The summed E-state index contributed by atoms with van der Waals surface area (Å²) in [6.07, 6.45) is -0.782. The lowest BCUT2D eigenvalue weighted by Crippen LogP contribution is -2.30. The number of aromatic hydroxyl groups is 1. The molecule has 0 radical (unpaired) electrons. The van der Waals surface area contributed by atoms with Crippen molar-refractivity contribution < 1.29 is 23.1 Å². The fourth-order valence-electron chi connectivity index (χ4n) is 1.83.